The van der Waals surface area contributed by atoms with Crippen molar-refractivity contribution >= 4 is 11.6 Å². The monoisotopic (exact) mass is 262 g/mol. The molecule has 19 heavy (non-hydrogen) atoms. The molecule has 0 aromatic carbocycles. The van der Waals surface area contributed by atoms with Crippen molar-refractivity contribution in [2.45, 2.75) is 38.8 Å². The van der Waals surface area contributed by atoms with Crippen LogP contribution in [0, 0.1) is 0 Å². The fourth-order valence-electron chi connectivity index (χ4n) is 2.42. The van der Waals surface area contributed by atoms with Gasteiger partial charge >= 0.3 is 0 Å². The molecule has 1 aliphatic heterocycles. The molecule has 0 saturated carbocycles. The van der Waals surface area contributed by atoms with E-state index in [1.54, 1.807) is 6.92 Å². The van der Waals surface area contributed by atoms with Crippen LogP contribution in [0.3, 0.4) is 0 Å². The van der Waals surface area contributed by atoms with Crippen LogP contribution in [0.25, 0.3) is 0 Å². The largest absolute Gasteiger partial charge is 0.370 e. The Morgan fingerprint density at radius 1 is 1.47 bits per heavy atom. The van der Waals surface area contributed by atoms with Gasteiger partial charge < -0.3 is 16.0 Å². The van der Waals surface area contributed by atoms with E-state index < -0.39 is 0 Å². The highest BCUT2D eigenvalue weighted by Gasteiger charge is 2.20. The number of piperidine rings is 1. The minimum absolute atomic E-state index is 0.0282. The Balaban J connectivity index is 1.92. The van der Waals surface area contributed by atoms with Crippen LogP contribution in [0.15, 0.2) is 18.3 Å². The average molecular weight is 262 g/mol. The molecule has 1 amide bonds. The first-order valence-electron chi connectivity index (χ1n) is 6.80. The smallest absolute Gasteiger partial charge is 0.217 e. The summed E-state index contributed by atoms with van der Waals surface area (Å²) < 4.78 is 0. The van der Waals surface area contributed by atoms with E-state index in [1.807, 2.05) is 19.2 Å². The number of anilines is 1. The summed E-state index contributed by atoms with van der Waals surface area (Å²) in [6.45, 7) is 5.40. The van der Waals surface area contributed by atoms with Crippen LogP contribution < -0.4 is 16.0 Å². The Bertz CT molecular complexity index is 422. The first kappa shape index (κ1) is 13.8. The molecule has 1 aromatic heterocycles. The number of carbonyl (C=O) groups is 1. The van der Waals surface area contributed by atoms with Gasteiger partial charge in [-0.15, -0.1) is 0 Å². The highest BCUT2D eigenvalue weighted by atomic mass is 16.1. The van der Waals surface area contributed by atoms with Crippen molar-refractivity contribution < 1.29 is 4.79 Å². The average Bonchev–Trinajstić information content (AvgIpc) is 2.39. The Labute approximate surface area is 114 Å². The maximum Gasteiger partial charge on any atom is 0.217 e. The third kappa shape index (κ3) is 3.67. The number of nitrogens with zero attached hydrogens (tertiary/aromatic N) is 2. The number of nitrogens with two attached hydrogens (primary N) is 1. The number of amides is 1. The lowest BCUT2D eigenvalue weighted by Gasteiger charge is -2.33. The van der Waals surface area contributed by atoms with Gasteiger partial charge in [-0.3, -0.25) is 9.78 Å². The molecule has 2 heterocycles. The van der Waals surface area contributed by atoms with Crippen molar-refractivity contribution in [3.8, 4) is 0 Å². The number of hydrogen-bond donors (Lipinski definition) is 2. The first-order chi connectivity index (χ1) is 9.06. The molecular weight excluding hydrogens is 240 g/mol. The lowest BCUT2D eigenvalue weighted by Crippen LogP contribution is -2.44. The van der Waals surface area contributed by atoms with E-state index in [0.29, 0.717) is 6.04 Å². The molecule has 5 nitrogen and oxygen atoms in total. The molecular formula is C14H22N4O. The third-order valence-corrected chi connectivity index (χ3v) is 3.50. The molecule has 0 radical (unpaired) electrons. The van der Waals surface area contributed by atoms with Crippen LogP contribution in [-0.2, 0) is 4.79 Å². The highest BCUT2D eigenvalue weighted by molar-refractivity contribution is 5.73. The summed E-state index contributed by atoms with van der Waals surface area (Å²) in [6, 6.07) is 4.34. The molecule has 1 saturated heterocycles. The van der Waals surface area contributed by atoms with Crippen LogP contribution >= 0.6 is 0 Å². The standard InChI is InChI=1S/C14H22N4O/c1-10(15)14-4-3-13(9-16-14)18-7-5-12(6-8-18)17-11(2)19/h3-4,9-10,12H,5-8,15H2,1-2H3,(H,17,19)/t10-/m0/s1. The molecule has 1 atom stereocenters. The molecule has 1 aromatic rings. The summed E-state index contributed by atoms with van der Waals surface area (Å²) in [5.74, 6) is 0.0569. The Morgan fingerprint density at radius 3 is 2.63 bits per heavy atom. The second-order valence-electron chi connectivity index (χ2n) is 5.19. The lowest BCUT2D eigenvalue weighted by atomic mass is 10.0. The van der Waals surface area contributed by atoms with Gasteiger partial charge in [0.25, 0.3) is 0 Å². The summed E-state index contributed by atoms with van der Waals surface area (Å²) in [4.78, 5) is 17.7. The summed E-state index contributed by atoms with van der Waals surface area (Å²) in [5.41, 5.74) is 7.83. The highest BCUT2D eigenvalue weighted by Crippen LogP contribution is 2.20. The van der Waals surface area contributed by atoms with E-state index >= 15 is 0 Å². The quantitative estimate of drug-likeness (QED) is 0.859. The Morgan fingerprint density at radius 2 is 2.16 bits per heavy atom. The van der Waals surface area contributed by atoms with E-state index in [4.69, 9.17) is 5.73 Å². The molecule has 0 bridgehead atoms. The van der Waals surface area contributed by atoms with Crippen LogP contribution in [0.2, 0.25) is 0 Å². The van der Waals surface area contributed by atoms with Crippen molar-refractivity contribution in [3.63, 3.8) is 0 Å². The topological polar surface area (TPSA) is 71.2 Å². The zero-order valence-electron chi connectivity index (χ0n) is 11.6. The van der Waals surface area contributed by atoms with Gasteiger partial charge in [0, 0.05) is 32.1 Å². The van der Waals surface area contributed by atoms with Crippen molar-refractivity contribution in [1.29, 1.82) is 0 Å². The van der Waals surface area contributed by atoms with Gasteiger partial charge in [-0.2, -0.15) is 0 Å². The number of pyridine rings is 1. The van der Waals surface area contributed by atoms with E-state index in [2.05, 4.69) is 21.3 Å². The molecule has 104 valence electrons. The Kier molecular flexibility index (Phi) is 4.37. The van der Waals surface area contributed by atoms with Gasteiger partial charge in [0.05, 0.1) is 17.6 Å². The van der Waals surface area contributed by atoms with E-state index in [9.17, 15) is 4.79 Å². The molecule has 1 aliphatic rings. The maximum absolute atomic E-state index is 11.0. The number of hydrogen-bond acceptors (Lipinski definition) is 4. The van der Waals surface area contributed by atoms with Crippen LogP contribution in [0.1, 0.15) is 38.4 Å². The van der Waals surface area contributed by atoms with Gasteiger partial charge in [-0.05, 0) is 31.9 Å². The number of aromatic nitrogens is 1. The third-order valence-electron chi connectivity index (χ3n) is 3.50. The predicted octanol–water partition coefficient (Wildman–Crippen LogP) is 1.21. The number of nitrogens with one attached hydrogen (secondary N) is 1. The summed E-state index contributed by atoms with van der Waals surface area (Å²) in [6.07, 6.45) is 3.85. The van der Waals surface area contributed by atoms with E-state index in [-0.39, 0.29) is 11.9 Å². The minimum atomic E-state index is -0.0282. The summed E-state index contributed by atoms with van der Waals surface area (Å²) >= 11 is 0. The molecule has 3 N–H and O–H groups in total. The lowest BCUT2D eigenvalue weighted by molar-refractivity contribution is -0.119. The van der Waals surface area contributed by atoms with Crippen molar-refractivity contribution in [2.75, 3.05) is 18.0 Å². The predicted molar refractivity (Wildman–Crippen MR) is 75.9 cm³/mol. The first-order valence-corrected chi connectivity index (χ1v) is 6.80. The normalized spacial score (nSPS) is 18.2. The number of rotatable bonds is 3. The van der Waals surface area contributed by atoms with Gasteiger partial charge in [-0.25, -0.2) is 0 Å². The van der Waals surface area contributed by atoms with Crippen LogP contribution in [0.4, 0.5) is 5.69 Å². The second-order valence-corrected chi connectivity index (χ2v) is 5.19. The summed E-state index contributed by atoms with van der Waals surface area (Å²) in [7, 11) is 0. The van der Waals surface area contributed by atoms with Gasteiger partial charge in [0.15, 0.2) is 0 Å². The molecule has 5 heteroatoms. The van der Waals surface area contributed by atoms with Gasteiger partial charge in [-0.1, -0.05) is 0 Å². The second kappa shape index (κ2) is 6.02. The van der Waals surface area contributed by atoms with Crippen molar-refractivity contribution in [1.82, 2.24) is 10.3 Å². The fraction of sp³-hybridized carbons (Fsp3) is 0.571. The van der Waals surface area contributed by atoms with Gasteiger partial charge in [0.1, 0.15) is 0 Å². The molecule has 0 aliphatic carbocycles. The van der Waals surface area contributed by atoms with Crippen molar-refractivity contribution in [2.24, 2.45) is 5.73 Å². The Hall–Kier alpha value is -1.62. The molecule has 1 fully saturated rings. The van der Waals surface area contributed by atoms with E-state index in [0.717, 1.165) is 37.3 Å². The maximum atomic E-state index is 11.0. The molecule has 0 unspecified atom stereocenters. The zero-order chi connectivity index (χ0) is 13.8. The van der Waals surface area contributed by atoms with Crippen LogP contribution in [0.5, 0.6) is 0 Å². The number of carbonyl (C=O) groups excluding carboxylic acids is 1. The van der Waals surface area contributed by atoms with Crippen molar-refractivity contribution in [3.05, 3.63) is 24.0 Å². The SMILES string of the molecule is CC(=O)NC1CCN(c2ccc([C@H](C)N)nc2)CC1. The fourth-order valence-corrected chi connectivity index (χ4v) is 2.42. The van der Waals surface area contributed by atoms with Gasteiger partial charge in [0.2, 0.25) is 5.91 Å². The van der Waals surface area contributed by atoms with E-state index in [1.165, 1.54) is 0 Å². The molecule has 2 rings (SSSR count). The minimum Gasteiger partial charge on any atom is -0.370 e. The summed E-state index contributed by atoms with van der Waals surface area (Å²) in [5, 5.41) is 2.98. The molecule has 0 spiro atoms. The zero-order valence-corrected chi connectivity index (χ0v) is 11.6. The van der Waals surface area contributed by atoms with Crippen LogP contribution in [-0.4, -0.2) is 30.0 Å².